The number of methoxy groups -OCH3 is 1. The molecule has 0 unspecified atom stereocenters. The standard InChI is InChI=1S/C18H28O12/c1-7-12(26-8(2)20)14(27-9(3)21)16(28-10(4)22)18(25-7)30-13-11(6-19)29-17(23)15(13)24-5/h7,11-19,23H,6H2,1-5H3/t7-,11-,12+,13+,14-,15-,16-,17-,18+/m1/s1. The van der Waals surface area contributed by atoms with E-state index in [1.807, 2.05) is 0 Å². The van der Waals surface area contributed by atoms with Gasteiger partial charge in [0.05, 0.1) is 12.7 Å². The molecule has 2 rings (SSSR count). The smallest absolute Gasteiger partial charge is 0.303 e. The van der Waals surface area contributed by atoms with E-state index in [0.717, 1.165) is 13.8 Å². The van der Waals surface area contributed by atoms with E-state index in [1.54, 1.807) is 6.92 Å². The first-order valence-electron chi connectivity index (χ1n) is 9.38. The number of carbonyl (C=O) groups is 3. The van der Waals surface area contributed by atoms with Crippen LogP contribution in [0.1, 0.15) is 27.7 Å². The minimum absolute atomic E-state index is 0.495. The molecule has 0 saturated carbocycles. The Morgan fingerprint density at radius 3 is 1.87 bits per heavy atom. The average molecular weight is 436 g/mol. The number of hydrogen-bond acceptors (Lipinski definition) is 12. The molecule has 0 aromatic heterocycles. The van der Waals surface area contributed by atoms with Crippen molar-refractivity contribution >= 4 is 17.9 Å². The molecule has 0 aromatic carbocycles. The summed E-state index contributed by atoms with van der Waals surface area (Å²) in [6.45, 7) is 4.52. The molecule has 30 heavy (non-hydrogen) atoms. The SMILES string of the molecule is CO[C@@H]1[C@@H](O[C@@H]2O[C@H](C)[C@H](OC(C)=O)[C@@H](OC(C)=O)[C@H]2OC(C)=O)[C@@H](CO)O[C@H]1O. The summed E-state index contributed by atoms with van der Waals surface area (Å²) in [5.74, 6) is -2.08. The minimum atomic E-state index is -1.37. The third-order valence-electron chi connectivity index (χ3n) is 4.66. The fourth-order valence-corrected chi connectivity index (χ4v) is 3.50. The third kappa shape index (κ3) is 5.65. The topological polar surface area (TPSA) is 156 Å². The fourth-order valence-electron chi connectivity index (χ4n) is 3.50. The van der Waals surface area contributed by atoms with E-state index in [0.29, 0.717) is 0 Å². The van der Waals surface area contributed by atoms with Crippen molar-refractivity contribution in [3.05, 3.63) is 0 Å². The molecule has 2 aliphatic rings. The number of aliphatic hydroxyl groups is 2. The van der Waals surface area contributed by atoms with E-state index in [-0.39, 0.29) is 0 Å². The van der Waals surface area contributed by atoms with Crippen LogP contribution in [0.25, 0.3) is 0 Å². The highest BCUT2D eigenvalue weighted by molar-refractivity contribution is 5.68. The summed E-state index contributed by atoms with van der Waals surface area (Å²) in [5, 5.41) is 19.5. The second-order valence-corrected chi connectivity index (χ2v) is 6.98. The van der Waals surface area contributed by atoms with Gasteiger partial charge in [-0.05, 0) is 6.92 Å². The van der Waals surface area contributed by atoms with Gasteiger partial charge in [0.25, 0.3) is 0 Å². The lowest BCUT2D eigenvalue weighted by molar-refractivity contribution is -0.317. The molecule has 172 valence electrons. The van der Waals surface area contributed by atoms with E-state index in [2.05, 4.69) is 0 Å². The van der Waals surface area contributed by atoms with Crippen LogP contribution in [0.15, 0.2) is 0 Å². The van der Waals surface area contributed by atoms with Crippen molar-refractivity contribution in [3.8, 4) is 0 Å². The van der Waals surface area contributed by atoms with Crippen LogP contribution in [0.4, 0.5) is 0 Å². The Labute approximate surface area is 173 Å². The first-order chi connectivity index (χ1) is 14.1. The van der Waals surface area contributed by atoms with E-state index in [9.17, 15) is 24.6 Å². The monoisotopic (exact) mass is 436 g/mol. The Bertz CT molecular complexity index is 624. The first-order valence-corrected chi connectivity index (χ1v) is 9.38. The summed E-state index contributed by atoms with van der Waals surface area (Å²) < 4.78 is 37.9. The Morgan fingerprint density at radius 1 is 0.833 bits per heavy atom. The van der Waals surface area contributed by atoms with Gasteiger partial charge < -0.3 is 43.4 Å². The molecular weight excluding hydrogens is 408 g/mol. The van der Waals surface area contributed by atoms with Gasteiger partial charge in [-0.15, -0.1) is 0 Å². The molecule has 2 saturated heterocycles. The Balaban J connectivity index is 2.35. The zero-order valence-electron chi connectivity index (χ0n) is 17.4. The van der Waals surface area contributed by atoms with Crippen molar-refractivity contribution in [2.24, 2.45) is 0 Å². The predicted molar refractivity (Wildman–Crippen MR) is 94.6 cm³/mol. The highest BCUT2D eigenvalue weighted by atomic mass is 16.8. The third-order valence-corrected chi connectivity index (χ3v) is 4.66. The van der Waals surface area contributed by atoms with Crippen LogP contribution in [0.3, 0.4) is 0 Å². The molecule has 0 spiro atoms. The van der Waals surface area contributed by atoms with Gasteiger partial charge in [0.2, 0.25) is 0 Å². The quantitative estimate of drug-likeness (QED) is 0.357. The van der Waals surface area contributed by atoms with Crippen molar-refractivity contribution in [1.82, 2.24) is 0 Å². The van der Waals surface area contributed by atoms with E-state index in [1.165, 1.54) is 14.0 Å². The minimum Gasteiger partial charge on any atom is -0.456 e. The predicted octanol–water partition coefficient (Wildman–Crippen LogP) is -1.36. The first kappa shape index (κ1) is 24.4. The van der Waals surface area contributed by atoms with E-state index in [4.69, 9.17) is 33.2 Å². The van der Waals surface area contributed by atoms with Crippen molar-refractivity contribution in [2.75, 3.05) is 13.7 Å². The molecule has 0 amide bonds. The number of carbonyl (C=O) groups excluding carboxylic acids is 3. The maximum atomic E-state index is 11.7. The van der Waals surface area contributed by atoms with Gasteiger partial charge >= 0.3 is 17.9 Å². The number of aliphatic hydroxyl groups excluding tert-OH is 2. The average Bonchev–Trinajstić information content (AvgIpc) is 2.94. The Hall–Kier alpha value is -1.83. The number of hydrogen-bond donors (Lipinski definition) is 2. The van der Waals surface area contributed by atoms with E-state index >= 15 is 0 Å². The molecular formula is C18H28O12. The molecule has 2 N–H and O–H groups in total. The summed E-state index contributed by atoms with van der Waals surface area (Å²) in [5.41, 5.74) is 0. The fraction of sp³-hybridized carbons (Fsp3) is 0.833. The summed E-state index contributed by atoms with van der Waals surface area (Å²) in [6, 6.07) is 0. The van der Waals surface area contributed by atoms with Gasteiger partial charge in [0.15, 0.2) is 30.9 Å². The zero-order chi connectivity index (χ0) is 22.6. The van der Waals surface area contributed by atoms with Crippen molar-refractivity contribution in [1.29, 1.82) is 0 Å². The molecule has 2 fully saturated rings. The highest BCUT2D eigenvalue weighted by Crippen LogP contribution is 2.33. The molecule has 2 heterocycles. The second kappa shape index (κ2) is 10.5. The second-order valence-electron chi connectivity index (χ2n) is 6.98. The molecule has 12 nitrogen and oxygen atoms in total. The van der Waals surface area contributed by atoms with Crippen LogP contribution in [0.2, 0.25) is 0 Å². The summed E-state index contributed by atoms with van der Waals surface area (Å²) in [6.07, 6.45) is -10.1. The van der Waals surface area contributed by atoms with Crippen molar-refractivity contribution in [2.45, 2.75) is 83.0 Å². The molecule has 0 aliphatic carbocycles. The van der Waals surface area contributed by atoms with Crippen LogP contribution in [-0.4, -0.2) is 97.1 Å². The number of esters is 3. The normalized spacial score (nSPS) is 38.7. The van der Waals surface area contributed by atoms with Gasteiger partial charge in [-0.2, -0.15) is 0 Å². The van der Waals surface area contributed by atoms with Crippen LogP contribution in [0, 0.1) is 0 Å². The lowest BCUT2D eigenvalue weighted by Crippen LogP contribution is -2.62. The molecule has 2 aliphatic heterocycles. The Kier molecular flexibility index (Phi) is 8.52. The molecule has 0 aromatic rings. The van der Waals surface area contributed by atoms with Crippen LogP contribution in [0.5, 0.6) is 0 Å². The Morgan fingerprint density at radius 2 is 1.37 bits per heavy atom. The largest absolute Gasteiger partial charge is 0.456 e. The van der Waals surface area contributed by atoms with Gasteiger partial charge in [-0.25, -0.2) is 0 Å². The maximum absolute atomic E-state index is 11.7. The van der Waals surface area contributed by atoms with Crippen LogP contribution >= 0.6 is 0 Å². The zero-order valence-corrected chi connectivity index (χ0v) is 17.4. The molecule has 12 heteroatoms. The molecule has 0 radical (unpaired) electrons. The van der Waals surface area contributed by atoms with Gasteiger partial charge in [-0.3, -0.25) is 14.4 Å². The van der Waals surface area contributed by atoms with Crippen LogP contribution in [-0.2, 0) is 47.5 Å². The summed E-state index contributed by atoms with van der Waals surface area (Å²) in [7, 11) is 1.32. The van der Waals surface area contributed by atoms with Gasteiger partial charge in [0, 0.05) is 27.9 Å². The molecule has 9 atom stereocenters. The molecule has 0 bridgehead atoms. The summed E-state index contributed by atoms with van der Waals surface area (Å²) in [4.78, 5) is 34.9. The number of rotatable bonds is 7. The van der Waals surface area contributed by atoms with Gasteiger partial charge in [-0.1, -0.05) is 0 Å². The van der Waals surface area contributed by atoms with Crippen molar-refractivity contribution < 1.29 is 57.8 Å². The highest BCUT2D eigenvalue weighted by Gasteiger charge is 2.54. The maximum Gasteiger partial charge on any atom is 0.303 e. The van der Waals surface area contributed by atoms with Crippen LogP contribution < -0.4 is 0 Å². The lowest BCUT2D eigenvalue weighted by Gasteiger charge is -2.44. The van der Waals surface area contributed by atoms with Crippen molar-refractivity contribution in [3.63, 3.8) is 0 Å². The van der Waals surface area contributed by atoms with Gasteiger partial charge in [0.1, 0.15) is 18.3 Å². The summed E-state index contributed by atoms with van der Waals surface area (Å²) >= 11 is 0. The lowest BCUT2D eigenvalue weighted by atomic mass is 9.98. The number of ether oxygens (including phenoxy) is 7. The van der Waals surface area contributed by atoms with E-state index < -0.39 is 79.8 Å².